The van der Waals surface area contributed by atoms with Crippen molar-refractivity contribution in [2.45, 2.75) is 175 Å². The average Bonchev–Trinajstić information content (AvgIpc) is 2.93. The molecule has 40 heavy (non-hydrogen) atoms. The van der Waals surface area contributed by atoms with E-state index in [-0.39, 0.29) is 5.75 Å². The zero-order valence-electron chi connectivity index (χ0n) is 26.4. The Morgan fingerprint density at radius 1 is 0.625 bits per heavy atom. The first-order valence-corrected chi connectivity index (χ1v) is 16.6. The number of aryl methyl sites for hydroxylation is 1. The smallest absolute Gasteiger partial charge is 0.310 e. The molecule has 0 aliphatic heterocycles. The molecule has 0 aromatic heterocycles. The van der Waals surface area contributed by atoms with E-state index in [0.717, 1.165) is 56.9 Å². The number of carbonyl (C=O) groups is 2. The van der Waals surface area contributed by atoms with E-state index in [1.807, 2.05) is 6.07 Å². The van der Waals surface area contributed by atoms with Crippen molar-refractivity contribution in [3.8, 4) is 5.75 Å². The van der Waals surface area contributed by atoms with Crippen molar-refractivity contribution in [2.75, 3.05) is 0 Å². The second kappa shape index (κ2) is 25.9. The average molecular weight is 563 g/mol. The summed E-state index contributed by atoms with van der Waals surface area (Å²) in [5, 5.41) is 28.1. The van der Waals surface area contributed by atoms with E-state index in [2.05, 4.69) is 20.8 Å². The third kappa shape index (κ3) is 19.1. The molecule has 0 fully saturated rings. The number of hydrogen-bond donors (Lipinski definition) is 3. The molecule has 1 aromatic rings. The number of aromatic hydroxyl groups is 1. The van der Waals surface area contributed by atoms with E-state index in [4.69, 9.17) is 10.2 Å². The van der Waals surface area contributed by atoms with E-state index < -0.39 is 17.9 Å². The molecule has 232 valence electrons. The number of hydrogen-bond acceptors (Lipinski definition) is 3. The van der Waals surface area contributed by atoms with Crippen molar-refractivity contribution in [1.29, 1.82) is 0 Å². The van der Waals surface area contributed by atoms with Gasteiger partial charge in [-0.25, -0.2) is 0 Å². The fourth-order valence-corrected chi connectivity index (χ4v) is 5.06. The Morgan fingerprint density at radius 3 is 1.48 bits per heavy atom. The minimum atomic E-state index is -0.900. The van der Waals surface area contributed by atoms with E-state index >= 15 is 0 Å². The summed E-state index contributed by atoms with van der Waals surface area (Å²) in [6.45, 7) is 8.15. The van der Waals surface area contributed by atoms with Gasteiger partial charge in [0.25, 0.3) is 0 Å². The van der Waals surface area contributed by atoms with Crippen molar-refractivity contribution in [2.24, 2.45) is 0 Å². The highest BCUT2D eigenvalue weighted by Gasteiger charge is 2.21. The molecule has 1 aromatic carbocycles. The molecule has 1 rings (SSSR count). The van der Waals surface area contributed by atoms with E-state index in [0.29, 0.717) is 12.0 Å². The summed E-state index contributed by atoms with van der Waals surface area (Å²) in [6.07, 6.45) is 26.2. The van der Waals surface area contributed by atoms with Gasteiger partial charge in [-0.2, -0.15) is 0 Å². The third-order valence-corrected chi connectivity index (χ3v) is 7.82. The number of benzene rings is 1. The first-order chi connectivity index (χ1) is 19.3. The molecule has 0 aliphatic rings. The lowest BCUT2D eigenvalue weighted by molar-refractivity contribution is -0.138. The van der Waals surface area contributed by atoms with Crippen LogP contribution in [0.3, 0.4) is 0 Å². The van der Waals surface area contributed by atoms with Crippen LogP contribution < -0.4 is 0 Å². The van der Waals surface area contributed by atoms with Gasteiger partial charge in [-0.15, -0.1) is 0 Å². The Labute approximate surface area is 246 Å². The molecule has 0 amide bonds. The molecule has 0 saturated carbocycles. The summed E-state index contributed by atoms with van der Waals surface area (Å²) in [5.41, 5.74) is 2.65. The summed E-state index contributed by atoms with van der Waals surface area (Å²) >= 11 is 0. The normalized spacial score (nSPS) is 11.6. The van der Waals surface area contributed by atoms with Gasteiger partial charge >= 0.3 is 11.9 Å². The highest BCUT2D eigenvalue weighted by atomic mass is 16.4. The monoisotopic (exact) mass is 562 g/mol. The predicted molar refractivity (Wildman–Crippen MR) is 169 cm³/mol. The van der Waals surface area contributed by atoms with Gasteiger partial charge in [0, 0.05) is 12.0 Å². The Bertz CT molecular complexity index is 773. The van der Waals surface area contributed by atoms with Gasteiger partial charge in [0.1, 0.15) is 5.75 Å². The van der Waals surface area contributed by atoms with Crippen molar-refractivity contribution in [1.82, 2.24) is 0 Å². The van der Waals surface area contributed by atoms with Crippen LogP contribution in [0.2, 0.25) is 0 Å². The number of carboxylic acid groups (broad SMARTS) is 2. The number of carboxylic acids is 2. The van der Waals surface area contributed by atoms with E-state index in [9.17, 15) is 14.7 Å². The predicted octanol–water partition coefficient (Wildman–Crippen LogP) is 10.6. The molecule has 1 unspecified atom stereocenters. The molecule has 0 spiro atoms. The highest BCUT2D eigenvalue weighted by molar-refractivity contribution is 5.77. The maximum Gasteiger partial charge on any atom is 0.310 e. The quantitative estimate of drug-likeness (QED) is 0.109. The first-order valence-electron chi connectivity index (χ1n) is 16.6. The zero-order chi connectivity index (χ0) is 30.0. The van der Waals surface area contributed by atoms with Gasteiger partial charge < -0.3 is 15.3 Å². The van der Waals surface area contributed by atoms with Crippen LogP contribution in [-0.4, -0.2) is 27.3 Å². The summed E-state index contributed by atoms with van der Waals surface area (Å²) in [7, 11) is 0. The largest absolute Gasteiger partial charge is 0.507 e. The zero-order valence-corrected chi connectivity index (χ0v) is 26.4. The fraction of sp³-hybridized carbons (Fsp3) is 0.771. The lowest BCUT2D eigenvalue weighted by Gasteiger charge is -2.17. The van der Waals surface area contributed by atoms with Crippen molar-refractivity contribution in [3.05, 3.63) is 28.8 Å². The minimum Gasteiger partial charge on any atom is -0.507 e. The van der Waals surface area contributed by atoms with Crippen LogP contribution in [0.1, 0.15) is 179 Å². The van der Waals surface area contributed by atoms with Crippen molar-refractivity contribution in [3.63, 3.8) is 0 Å². The molecule has 1 atom stereocenters. The van der Waals surface area contributed by atoms with Crippen LogP contribution in [0, 0.1) is 0 Å². The molecule has 0 aliphatic carbocycles. The van der Waals surface area contributed by atoms with Gasteiger partial charge in [0.15, 0.2) is 0 Å². The standard InChI is InChI=1S/C18H36O2.C17H26O3/c1-2-3-4-5-6-7-8-9-10-11-12-13-14-15-16-17-18(19)20;1-4-6-8-13-10-11-14(12(3)17(19)20)16(18)15(13)9-7-5-2/h2-17H2,1H3,(H,19,20);10-12,18H,4-9H2,1-3H3,(H,19,20). The molecule has 0 heterocycles. The van der Waals surface area contributed by atoms with Crippen LogP contribution >= 0.6 is 0 Å². The lowest BCUT2D eigenvalue weighted by Crippen LogP contribution is -2.09. The van der Waals surface area contributed by atoms with Crippen LogP contribution in [0.4, 0.5) is 0 Å². The third-order valence-electron chi connectivity index (χ3n) is 7.82. The van der Waals surface area contributed by atoms with Crippen LogP contribution in [-0.2, 0) is 22.4 Å². The van der Waals surface area contributed by atoms with Crippen LogP contribution in [0.25, 0.3) is 0 Å². The Hall–Kier alpha value is -2.04. The molecule has 0 saturated heterocycles. The minimum absolute atomic E-state index is 0.196. The highest BCUT2D eigenvalue weighted by Crippen LogP contribution is 2.33. The maximum absolute atomic E-state index is 11.1. The molecular formula is C35H62O5. The van der Waals surface area contributed by atoms with Crippen molar-refractivity contribution < 1.29 is 24.9 Å². The van der Waals surface area contributed by atoms with E-state index in [1.54, 1.807) is 13.0 Å². The van der Waals surface area contributed by atoms with Crippen LogP contribution in [0.5, 0.6) is 5.75 Å². The number of unbranched alkanes of at least 4 members (excludes halogenated alkanes) is 16. The Balaban J connectivity index is 0.000000760. The molecule has 3 N–H and O–H groups in total. The summed E-state index contributed by atoms with van der Waals surface area (Å²) in [5.74, 6) is -2.03. The van der Waals surface area contributed by atoms with Crippen molar-refractivity contribution >= 4 is 11.9 Å². The first kappa shape index (κ1) is 38.0. The van der Waals surface area contributed by atoms with Gasteiger partial charge in [0.05, 0.1) is 5.92 Å². The number of rotatable bonds is 24. The Morgan fingerprint density at radius 2 is 1.05 bits per heavy atom. The van der Waals surface area contributed by atoms with Gasteiger partial charge in [-0.05, 0) is 50.2 Å². The SMILES string of the molecule is CCCCCCCCCCCCCCCCCC(=O)O.CCCCc1ccc(C(C)C(=O)O)c(O)c1CCCC. The number of aliphatic carboxylic acids is 2. The second-order valence-corrected chi connectivity index (χ2v) is 11.5. The maximum atomic E-state index is 11.1. The summed E-state index contributed by atoms with van der Waals surface area (Å²) < 4.78 is 0. The topological polar surface area (TPSA) is 94.8 Å². The molecular weight excluding hydrogens is 500 g/mol. The molecule has 0 bridgehead atoms. The van der Waals surface area contributed by atoms with E-state index in [1.165, 1.54) is 89.0 Å². The number of phenolic OH excluding ortho intramolecular Hbond substituents is 1. The van der Waals surface area contributed by atoms with Gasteiger partial charge in [-0.3, -0.25) is 9.59 Å². The Kier molecular flexibility index (Phi) is 24.6. The fourth-order valence-electron chi connectivity index (χ4n) is 5.06. The molecule has 0 radical (unpaired) electrons. The van der Waals surface area contributed by atoms with Gasteiger partial charge in [0.2, 0.25) is 0 Å². The van der Waals surface area contributed by atoms with Gasteiger partial charge in [-0.1, -0.05) is 136 Å². The van der Waals surface area contributed by atoms with Crippen LogP contribution in [0.15, 0.2) is 12.1 Å². The molecule has 5 heteroatoms. The summed E-state index contributed by atoms with van der Waals surface area (Å²) in [6, 6.07) is 3.77. The number of phenols is 1. The lowest BCUT2D eigenvalue weighted by atomic mass is 9.90. The molecule has 5 nitrogen and oxygen atoms in total. The summed E-state index contributed by atoms with van der Waals surface area (Å²) in [4.78, 5) is 21.5. The second-order valence-electron chi connectivity index (χ2n) is 11.5.